The fraction of sp³-hybridized carbons (Fsp3) is 0.654. The number of aliphatic hydroxyl groups excluding tert-OH is 1. The first kappa shape index (κ1) is 24.7. The largest absolute Gasteiger partial charge is 0.394 e. The van der Waals surface area contributed by atoms with Gasteiger partial charge in [-0.2, -0.15) is 0 Å². The number of amides is 3. The maximum atomic E-state index is 14.0. The molecule has 0 aromatic heterocycles. The second-order valence-electron chi connectivity index (χ2n) is 10.8. The average molecular weight is 472 g/mol. The van der Waals surface area contributed by atoms with Crippen molar-refractivity contribution in [1.29, 1.82) is 0 Å². The normalized spacial score (nSPS) is 35.0. The number of benzene rings is 1. The minimum absolute atomic E-state index is 0.0269. The van der Waals surface area contributed by atoms with Gasteiger partial charge in [-0.1, -0.05) is 39.0 Å². The summed E-state index contributed by atoms with van der Waals surface area (Å²) in [6.07, 6.45) is 0.491. The molecule has 3 heterocycles. The van der Waals surface area contributed by atoms with E-state index in [1.165, 1.54) is 4.90 Å². The van der Waals surface area contributed by atoms with Gasteiger partial charge in [-0.25, -0.2) is 0 Å². The van der Waals surface area contributed by atoms with Crippen molar-refractivity contribution in [2.24, 2.45) is 23.7 Å². The molecule has 4 rings (SSSR count). The van der Waals surface area contributed by atoms with E-state index in [2.05, 4.69) is 10.6 Å². The number of aryl methyl sites for hydroxylation is 2. The van der Waals surface area contributed by atoms with Gasteiger partial charge >= 0.3 is 0 Å². The Kier molecular flexibility index (Phi) is 6.05. The predicted octanol–water partition coefficient (Wildman–Crippen LogP) is 2.02. The van der Waals surface area contributed by atoms with Gasteiger partial charge in [0.15, 0.2) is 0 Å². The number of hydrogen-bond donors (Lipinski definition) is 3. The summed E-state index contributed by atoms with van der Waals surface area (Å²) >= 11 is 0. The van der Waals surface area contributed by atoms with Crippen LogP contribution in [0, 0.1) is 37.5 Å². The van der Waals surface area contributed by atoms with Gasteiger partial charge in [-0.3, -0.25) is 14.4 Å². The first-order valence-corrected chi connectivity index (χ1v) is 12.2. The number of nitrogens with zero attached hydrogens (tertiary/aromatic N) is 1. The zero-order chi connectivity index (χ0) is 25.2. The van der Waals surface area contributed by atoms with E-state index in [4.69, 9.17) is 4.74 Å². The first-order valence-electron chi connectivity index (χ1n) is 12.2. The molecule has 2 bridgehead atoms. The third kappa shape index (κ3) is 3.22. The second-order valence-corrected chi connectivity index (χ2v) is 10.8. The van der Waals surface area contributed by atoms with Crippen LogP contribution in [0.15, 0.2) is 18.2 Å². The molecule has 1 aromatic carbocycles. The Labute approximate surface area is 201 Å². The molecular weight excluding hydrogens is 434 g/mol. The lowest BCUT2D eigenvalue weighted by Crippen LogP contribution is -2.57. The van der Waals surface area contributed by atoms with E-state index in [9.17, 15) is 19.5 Å². The smallest absolute Gasteiger partial charge is 0.250 e. The molecule has 3 N–H and O–H groups in total. The summed E-state index contributed by atoms with van der Waals surface area (Å²) in [5.74, 6) is -2.50. The Morgan fingerprint density at radius 1 is 1.24 bits per heavy atom. The van der Waals surface area contributed by atoms with Crippen LogP contribution in [0.4, 0.5) is 5.69 Å². The molecule has 0 aliphatic carbocycles. The SMILES string of the molecule is CNC(=O)[C@H]1[C@H]2C(=O)N([C@@H](CO)C(C)C)C(C(=O)Nc3c(C)cccc3C)C23CC(C)[C@]1(C)O3. The van der Waals surface area contributed by atoms with E-state index in [1.54, 1.807) is 7.05 Å². The summed E-state index contributed by atoms with van der Waals surface area (Å²) in [6.45, 7) is 11.3. The highest BCUT2D eigenvalue weighted by Crippen LogP contribution is 2.65. The summed E-state index contributed by atoms with van der Waals surface area (Å²) in [4.78, 5) is 42.6. The lowest BCUT2D eigenvalue weighted by atomic mass is 9.62. The van der Waals surface area contributed by atoms with Crippen LogP contribution in [0.3, 0.4) is 0 Å². The Hall–Kier alpha value is -2.45. The molecule has 3 amide bonds. The van der Waals surface area contributed by atoms with E-state index >= 15 is 0 Å². The van der Waals surface area contributed by atoms with Gasteiger partial charge < -0.3 is 25.4 Å². The molecule has 7 atom stereocenters. The molecule has 3 aliphatic rings. The van der Waals surface area contributed by atoms with E-state index in [1.807, 2.05) is 59.7 Å². The van der Waals surface area contributed by atoms with Crippen LogP contribution in [0.2, 0.25) is 0 Å². The third-order valence-corrected chi connectivity index (χ3v) is 8.57. The second kappa shape index (κ2) is 8.34. The van der Waals surface area contributed by atoms with Crippen LogP contribution >= 0.6 is 0 Å². The number of likely N-dealkylation sites (tertiary alicyclic amines) is 1. The van der Waals surface area contributed by atoms with Crippen molar-refractivity contribution in [2.45, 2.75) is 71.2 Å². The van der Waals surface area contributed by atoms with Crippen LogP contribution in [0.1, 0.15) is 45.2 Å². The molecule has 3 saturated heterocycles. The number of aliphatic hydroxyl groups is 1. The lowest BCUT2D eigenvalue weighted by Gasteiger charge is -2.38. The Morgan fingerprint density at radius 2 is 1.85 bits per heavy atom. The Bertz CT molecular complexity index is 1010. The van der Waals surface area contributed by atoms with E-state index < -0.39 is 35.1 Å². The van der Waals surface area contributed by atoms with E-state index in [0.717, 1.165) is 11.1 Å². The summed E-state index contributed by atoms with van der Waals surface area (Å²) < 4.78 is 6.66. The first-order chi connectivity index (χ1) is 15.9. The third-order valence-electron chi connectivity index (χ3n) is 8.57. The molecule has 34 heavy (non-hydrogen) atoms. The molecule has 3 fully saturated rings. The minimum Gasteiger partial charge on any atom is -0.394 e. The number of hydrogen-bond acceptors (Lipinski definition) is 5. The van der Waals surface area contributed by atoms with Crippen LogP contribution in [0.25, 0.3) is 0 Å². The quantitative estimate of drug-likeness (QED) is 0.588. The summed E-state index contributed by atoms with van der Waals surface area (Å²) in [6, 6.07) is 4.25. The number of carbonyl (C=O) groups excluding carboxylic acids is 3. The summed E-state index contributed by atoms with van der Waals surface area (Å²) in [5, 5.41) is 16.0. The number of carbonyl (C=O) groups is 3. The molecule has 3 unspecified atom stereocenters. The van der Waals surface area contributed by atoms with Gasteiger partial charge in [0, 0.05) is 12.7 Å². The molecule has 1 aromatic rings. The zero-order valence-corrected chi connectivity index (χ0v) is 21.1. The number of rotatable bonds is 6. The minimum atomic E-state index is -1.13. The maximum absolute atomic E-state index is 14.0. The van der Waals surface area contributed by atoms with Crippen molar-refractivity contribution >= 4 is 23.4 Å². The van der Waals surface area contributed by atoms with Crippen molar-refractivity contribution in [3.8, 4) is 0 Å². The van der Waals surface area contributed by atoms with Crippen molar-refractivity contribution in [2.75, 3.05) is 19.0 Å². The van der Waals surface area contributed by atoms with E-state index in [-0.39, 0.29) is 36.2 Å². The zero-order valence-electron chi connectivity index (χ0n) is 21.1. The van der Waals surface area contributed by atoms with Gasteiger partial charge in [0.25, 0.3) is 0 Å². The molecule has 186 valence electrons. The molecule has 1 spiro atoms. The van der Waals surface area contributed by atoms with E-state index in [0.29, 0.717) is 12.1 Å². The molecular formula is C26H37N3O5. The van der Waals surface area contributed by atoms with Crippen LogP contribution in [0.5, 0.6) is 0 Å². The van der Waals surface area contributed by atoms with Gasteiger partial charge in [0.1, 0.15) is 11.6 Å². The topological polar surface area (TPSA) is 108 Å². The number of anilines is 1. The van der Waals surface area contributed by atoms with Crippen molar-refractivity contribution in [3.05, 3.63) is 29.3 Å². The van der Waals surface area contributed by atoms with Crippen LogP contribution < -0.4 is 10.6 Å². The lowest BCUT2D eigenvalue weighted by molar-refractivity contribution is -0.150. The van der Waals surface area contributed by atoms with Gasteiger partial charge in [0.2, 0.25) is 17.7 Å². The number of para-hydroxylation sites is 1. The summed E-state index contributed by atoms with van der Waals surface area (Å²) in [7, 11) is 1.56. The van der Waals surface area contributed by atoms with Crippen LogP contribution in [-0.4, -0.2) is 64.7 Å². The monoisotopic (exact) mass is 471 g/mol. The van der Waals surface area contributed by atoms with Crippen molar-refractivity contribution in [1.82, 2.24) is 10.2 Å². The number of fused-ring (bicyclic) bond motifs is 1. The summed E-state index contributed by atoms with van der Waals surface area (Å²) in [5.41, 5.74) is 0.559. The average Bonchev–Trinajstić information content (AvgIpc) is 3.28. The molecule has 0 radical (unpaired) electrons. The fourth-order valence-corrected chi connectivity index (χ4v) is 6.71. The molecule has 8 heteroatoms. The van der Waals surface area contributed by atoms with Crippen LogP contribution in [-0.2, 0) is 19.1 Å². The number of ether oxygens (including phenoxy) is 1. The number of nitrogens with one attached hydrogen (secondary N) is 2. The molecule has 3 aliphatic heterocycles. The van der Waals surface area contributed by atoms with Gasteiger partial charge in [0.05, 0.1) is 30.1 Å². The highest BCUT2D eigenvalue weighted by atomic mass is 16.5. The maximum Gasteiger partial charge on any atom is 0.250 e. The van der Waals surface area contributed by atoms with Gasteiger partial charge in [-0.05, 0) is 50.2 Å². The Morgan fingerprint density at radius 3 is 2.38 bits per heavy atom. The highest BCUT2D eigenvalue weighted by Gasteiger charge is 2.80. The fourth-order valence-electron chi connectivity index (χ4n) is 6.71. The standard InChI is InChI=1S/C26H37N3O5/c1-13(2)17(12-30)29-21(23(32)28-20-14(3)9-8-10-15(20)4)26-11-16(5)25(6,34-26)18(22(31)27-7)19(26)24(29)33/h8-10,13,16-19,21,30H,11-12H2,1-7H3,(H,27,31)(H,28,32)/t16?,17-,18+,19-,21?,25-,26?/m0/s1. The van der Waals surface area contributed by atoms with Crippen molar-refractivity contribution in [3.63, 3.8) is 0 Å². The Balaban J connectivity index is 1.85. The molecule has 0 saturated carbocycles. The van der Waals surface area contributed by atoms with Crippen molar-refractivity contribution < 1.29 is 24.2 Å². The predicted molar refractivity (Wildman–Crippen MR) is 128 cm³/mol. The van der Waals surface area contributed by atoms with Gasteiger partial charge in [-0.15, -0.1) is 0 Å². The highest BCUT2D eigenvalue weighted by molar-refractivity contribution is 6.04. The molecule has 8 nitrogen and oxygen atoms in total.